The van der Waals surface area contributed by atoms with E-state index in [9.17, 15) is 5.11 Å². The summed E-state index contributed by atoms with van der Waals surface area (Å²) in [6, 6.07) is 3.95. The smallest absolute Gasteiger partial charge is 0.161 e. The van der Waals surface area contributed by atoms with Crippen LogP contribution < -0.4 is 10.5 Å². The van der Waals surface area contributed by atoms with Crippen LogP contribution in [-0.2, 0) is 11.2 Å². The van der Waals surface area contributed by atoms with E-state index in [-0.39, 0.29) is 24.0 Å². The molecular formula is C18H28N2O3. The molecule has 1 saturated heterocycles. The van der Waals surface area contributed by atoms with Gasteiger partial charge in [0, 0.05) is 31.2 Å². The largest absolute Gasteiger partial charge is 0.504 e. The van der Waals surface area contributed by atoms with Crippen LogP contribution in [0.4, 0.5) is 0 Å². The highest BCUT2D eigenvalue weighted by Crippen LogP contribution is 2.36. The Labute approximate surface area is 138 Å². The molecule has 0 aliphatic carbocycles. The van der Waals surface area contributed by atoms with E-state index >= 15 is 0 Å². The molecule has 1 aliphatic heterocycles. The predicted octanol–water partition coefficient (Wildman–Crippen LogP) is 2.24. The summed E-state index contributed by atoms with van der Waals surface area (Å²) in [5.41, 5.74) is 7.94. The first-order valence-electron chi connectivity index (χ1n) is 8.10. The predicted molar refractivity (Wildman–Crippen MR) is 91.9 cm³/mol. The number of allylic oxidation sites excluding steroid dienone is 1. The standard InChI is InChI=1S/C18H28N2O3/c1-5-6-14-7-15(8-17(22-4)18(14)21)16(9-19)20-10-12(2)23-13(3)11-20/h5,7-8,12-13,16,21H,1,6,9-11,19H2,2-4H3. The van der Waals surface area contributed by atoms with Gasteiger partial charge < -0.3 is 20.3 Å². The second kappa shape index (κ2) is 7.81. The maximum Gasteiger partial charge on any atom is 0.161 e. The van der Waals surface area contributed by atoms with Crippen molar-refractivity contribution in [3.63, 3.8) is 0 Å². The van der Waals surface area contributed by atoms with Gasteiger partial charge in [-0.2, -0.15) is 0 Å². The van der Waals surface area contributed by atoms with E-state index in [0.29, 0.717) is 18.7 Å². The molecule has 1 aromatic carbocycles. The third kappa shape index (κ3) is 4.05. The van der Waals surface area contributed by atoms with Crippen molar-refractivity contribution in [2.75, 3.05) is 26.7 Å². The zero-order valence-corrected chi connectivity index (χ0v) is 14.3. The van der Waals surface area contributed by atoms with Gasteiger partial charge in [-0.05, 0) is 38.0 Å². The first kappa shape index (κ1) is 17.8. The number of phenols is 1. The van der Waals surface area contributed by atoms with Gasteiger partial charge in [-0.1, -0.05) is 6.08 Å². The average Bonchev–Trinajstić information content (AvgIpc) is 2.50. The number of methoxy groups -OCH3 is 1. The molecule has 23 heavy (non-hydrogen) atoms. The van der Waals surface area contributed by atoms with Crippen LogP contribution in [0.2, 0.25) is 0 Å². The van der Waals surface area contributed by atoms with Crippen LogP contribution in [0.1, 0.15) is 31.0 Å². The summed E-state index contributed by atoms with van der Waals surface area (Å²) in [4.78, 5) is 2.35. The van der Waals surface area contributed by atoms with Crippen molar-refractivity contribution in [2.24, 2.45) is 5.73 Å². The van der Waals surface area contributed by atoms with E-state index in [0.717, 1.165) is 24.2 Å². The first-order valence-corrected chi connectivity index (χ1v) is 8.10. The van der Waals surface area contributed by atoms with Crippen molar-refractivity contribution in [3.05, 3.63) is 35.9 Å². The summed E-state index contributed by atoms with van der Waals surface area (Å²) in [5, 5.41) is 10.3. The Balaban J connectivity index is 2.36. The molecule has 3 unspecified atom stereocenters. The first-order chi connectivity index (χ1) is 11.0. The summed E-state index contributed by atoms with van der Waals surface area (Å²) in [6.45, 7) is 10.1. The summed E-state index contributed by atoms with van der Waals surface area (Å²) >= 11 is 0. The molecule has 3 atom stereocenters. The number of nitrogens with zero attached hydrogens (tertiary/aromatic N) is 1. The number of aromatic hydroxyl groups is 1. The lowest BCUT2D eigenvalue weighted by molar-refractivity contribution is -0.0799. The van der Waals surface area contributed by atoms with Crippen molar-refractivity contribution >= 4 is 0 Å². The minimum Gasteiger partial charge on any atom is -0.504 e. The quantitative estimate of drug-likeness (QED) is 0.787. The van der Waals surface area contributed by atoms with E-state index in [1.807, 2.05) is 12.1 Å². The Bertz CT molecular complexity index is 537. The number of rotatable bonds is 6. The molecule has 1 heterocycles. The number of benzene rings is 1. The van der Waals surface area contributed by atoms with Crippen LogP contribution in [0.15, 0.2) is 24.8 Å². The normalized spacial score (nSPS) is 23.5. The lowest BCUT2D eigenvalue weighted by Crippen LogP contribution is -2.48. The Morgan fingerprint density at radius 1 is 1.43 bits per heavy atom. The van der Waals surface area contributed by atoms with Crippen LogP contribution in [0.3, 0.4) is 0 Å². The van der Waals surface area contributed by atoms with Crippen LogP contribution in [0, 0.1) is 0 Å². The highest BCUT2D eigenvalue weighted by atomic mass is 16.5. The van der Waals surface area contributed by atoms with Crippen LogP contribution >= 0.6 is 0 Å². The van der Waals surface area contributed by atoms with Crippen molar-refractivity contribution in [3.8, 4) is 11.5 Å². The monoisotopic (exact) mass is 320 g/mol. The van der Waals surface area contributed by atoms with Gasteiger partial charge in [-0.3, -0.25) is 4.90 Å². The number of phenolic OH excluding ortho intramolecular Hbond substituents is 1. The number of morpholine rings is 1. The second-order valence-corrected chi connectivity index (χ2v) is 6.19. The minimum absolute atomic E-state index is 0.0712. The molecule has 1 aromatic rings. The van der Waals surface area contributed by atoms with E-state index in [4.69, 9.17) is 15.2 Å². The lowest BCUT2D eigenvalue weighted by atomic mass is 9.98. The fraction of sp³-hybridized carbons (Fsp3) is 0.556. The fourth-order valence-corrected chi connectivity index (χ4v) is 3.32. The highest BCUT2D eigenvalue weighted by Gasteiger charge is 2.29. The van der Waals surface area contributed by atoms with Crippen molar-refractivity contribution in [1.82, 2.24) is 4.90 Å². The maximum absolute atomic E-state index is 10.3. The van der Waals surface area contributed by atoms with Gasteiger partial charge in [-0.15, -0.1) is 6.58 Å². The van der Waals surface area contributed by atoms with Crippen molar-refractivity contribution in [1.29, 1.82) is 0 Å². The van der Waals surface area contributed by atoms with Gasteiger partial charge in [0.25, 0.3) is 0 Å². The number of ether oxygens (including phenoxy) is 2. The third-order valence-electron chi connectivity index (χ3n) is 4.26. The summed E-state index contributed by atoms with van der Waals surface area (Å²) in [6.07, 6.45) is 2.72. The molecule has 0 amide bonds. The van der Waals surface area contributed by atoms with Crippen molar-refractivity contribution in [2.45, 2.75) is 38.5 Å². The molecule has 0 aromatic heterocycles. The number of hydrogen-bond donors (Lipinski definition) is 2. The molecule has 0 spiro atoms. The molecular weight excluding hydrogens is 292 g/mol. The van der Waals surface area contributed by atoms with Crippen molar-refractivity contribution < 1.29 is 14.6 Å². The maximum atomic E-state index is 10.3. The molecule has 1 fully saturated rings. The molecule has 2 rings (SSSR count). The zero-order chi connectivity index (χ0) is 17.0. The summed E-state index contributed by atoms with van der Waals surface area (Å²) in [7, 11) is 1.56. The van der Waals surface area contributed by atoms with Gasteiger partial charge >= 0.3 is 0 Å². The molecule has 0 saturated carbocycles. The van der Waals surface area contributed by atoms with Crippen LogP contribution in [0.5, 0.6) is 11.5 Å². The van der Waals surface area contributed by atoms with Gasteiger partial charge in [0.05, 0.1) is 19.3 Å². The van der Waals surface area contributed by atoms with Gasteiger partial charge in [0.15, 0.2) is 11.5 Å². The average molecular weight is 320 g/mol. The van der Waals surface area contributed by atoms with E-state index in [1.165, 1.54) is 0 Å². The Morgan fingerprint density at radius 2 is 2.09 bits per heavy atom. The topological polar surface area (TPSA) is 68.0 Å². The molecule has 1 aliphatic rings. The number of hydrogen-bond acceptors (Lipinski definition) is 5. The summed E-state index contributed by atoms with van der Waals surface area (Å²) in [5.74, 6) is 0.655. The Morgan fingerprint density at radius 3 is 2.61 bits per heavy atom. The highest BCUT2D eigenvalue weighted by molar-refractivity contribution is 5.50. The minimum atomic E-state index is 0.0712. The van der Waals surface area contributed by atoms with E-state index in [1.54, 1.807) is 13.2 Å². The van der Waals surface area contributed by atoms with E-state index in [2.05, 4.69) is 25.3 Å². The molecule has 0 radical (unpaired) electrons. The fourth-order valence-electron chi connectivity index (χ4n) is 3.32. The zero-order valence-electron chi connectivity index (χ0n) is 14.3. The van der Waals surface area contributed by atoms with Crippen LogP contribution in [-0.4, -0.2) is 49.0 Å². The molecule has 3 N–H and O–H groups in total. The Kier molecular flexibility index (Phi) is 6.04. The van der Waals surface area contributed by atoms with Gasteiger partial charge in [0.1, 0.15) is 0 Å². The molecule has 128 valence electrons. The molecule has 5 heteroatoms. The van der Waals surface area contributed by atoms with Crippen LogP contribution in [0.25, 0.3) is 0 Å². The third-order valence-corrected chi connectivity index (χ3v) is 4.26. The van der Waals surface area contributed by atoms with Gasteiger partial charge in [0.2, 0.25) is 0 Å². The number of nitrogens with two attached hydrogens (primary N) is 1. The molecule has 0 bridgehead atoms. The van der Waals surface area contributed by atoms with Gasteiger partial charge in [-0.25, -0.2) is 0 Å². The SMILES string of the molecule is C=CCc1cc(C(CN)N2CC(C)OC(C)C2)cc(OC)c1O. The lowest BCUT2D eigenvalue weighted by Gasteiger charge is -2.40. The Hall–Kier alpha value is -1.56. The summed E-state index contributed by atoms with van der Waals surface area (Å²) < 4.78 is 11.1. The molecule has 5 nitrogen and oxygen atoms in total. The second-order valence-electron chi connectivity index (χ2n) is 6.19. The van der Waals surface area contributed by atoms with E-state index < -0.39 is 0 Å².